The molecule has 2 bridgehead atoms. The van der Waals surface area contributed by atoms with Crippen molar-refractivity contribution in [2.75, 3.05) is 20.3 Å². The van der Waals surface area contributed by atoms with Gasteiger partial charge in [0.1, 0.15) is 21.6 Å². The average molecular weight is 649 g/mol. The van der Waals surface area contributed by atoms with Gasteiger partial charge in [0.25, 0.3) is 11.8 Å². The highest BCUT2D eigenvalue weighted by molar-refractivity contribution is 8.26. The molecule has 6 rings (SSSR count). The minimum absolute atomic E-state index is 0.0259. The zero-order valence-corrected chi connectivity index (χ0v) is 26.2. The highest BCUT2D eigenvalue weighted by Crippen LogP contribution is 2.49. The number of furan rings is 1. The Morgan fingerprint density at radius 3 is 2.60 bits per heavy atom. The third-order valence-corrected chi connectivity index (χ3v) is 9.57. The average Bonchev–Trinajstić information content (AvgIpc) is 3.83. The third kappa shape index (κ3) is 7.65. The van der Waals surface area contributed by atoms with Gasteiger partial charge in [-0.1, -0.05) is 42.5 Å². The first-order valence-electron chi connectivity index (χ1n) is 14.5. The van der Waals surface area contributed by atoms with Gasteiger partial charge >= 0.3 is 6.15 Å². The topological polar surface area (TPSA) is 135 Å². The fraction of sp³-hybridized carbons (Fsp3) is 0.333. The second kappa shape index (κ2) is 14.6. The smallest absolute Gasteiger partial charge is 0.373 e. The number of hydrogen-bond donors (Lipinski definition) is 2. The number of thioether (sulfide) groups is 1. The van der Waals surface area contributed by atoms with E-state index in [9.17, 15) is 14.7 Å². The molecule has 3 unspecified atom stereocenters. The van der Waals surface area contributed by atoms with Crippen molar-refractivity contribution in [3.05, 3.63) is 70.8 Å². The van der Waals surface area contributed by atoms with Crippen LogP contribution in [0.1, 0.15) is 37.0 Å². The Labute approximate surface area is 269 Å². The first-order valence-corrected chi connectivity index (χ1v) is 15.7. The molecule has 10 nitrogen and oxygen atoms in total. The zero-order valence-electron chi connectivity index (χ0n) is 24.5. The molecule has 3 fully saturated rings. The van der Waals surface area contributed by atoms with Crippen LogP contribution in [0.25, 0.3) is 17.4 Å². The highest BCUT2D eigenvalue weighted by Gasteiger charge is 2.48. The molecule has 2 aromatic carbocycles. The van der Waals surface area contributed by atoms with Crippen molar-refractivity contribution >= 4 is 52.3 Å². The Morgan fingerprint density at radius 2 is 1.91 bits per heavy atom. The van der Waals surface area contributed by atoms with Crippen molar-refractivity contribution in [3.63, 3.8) is 0 Å². The SMILES string of the molecule is COc1ccc(-c2ccc(/C=C3\SC(=S)N(C4CC5CCC4C5)C3=O)o2)cc1OCC(=O)NCCc1ccc(O)cc1.O=C=O. The van der Waals surface area contributed by atoms with E-state index in [1.165, 1.54) is 38.1 Å². The number of ether oxygens (including phenoxy) is 2. The van der Waals surface area contributed by atoms with E-state index in [0.29, 0.717) is 51.1 Å². The van der Waals surface area contributed by atoms with Crippen molar-refractivity contribution in [2.24, 2.45) is 11.8 Å². The van der Waals surface area contributed by atoms with E-state index in [0.717, 1.165) is 23.5 Å². The number of phenolic OH excluding ortho intramolecular Hbond substituents is 1. The quantitative estimate of drug-likeness (QED) is 0.223. The van der Waals surface area contributed by atoms with Crippen LogP contribution < -0.4 is 14.8 Å². The van der Waals surface area contributed by atoms with E-state index >= 15 is 0 Å². The maximum Gasteiger partial charge on any atom is 0.373 e. The lowest BCUT2D eigenvalue weighted by Gasteiger charge is -2.30. The number of carbonyl (C=O) groups is 2. The number of thiocarbonyl (C=S) groups is 1. The van der Waals surface area contributed by atoms with Gasteiger partial charge in [0.05, 0.1) is 12.0 Å². The van der Waals surface area contributed by atoms with Gasteiger partial charge in [-0.25, -0.2) is 0 Å². The van der Waals surface area contributed by atoms with Crippen molar-refractivity contribution in [1.29, 1.82) is 0 Å². The molecule has 3 atom stereocenters. The van der Waals surface area contributed by atoms with Gasteiger partial charge in [-0.05, 0) is 85.5 Å². The summed E-state index contributed by atoms with van der Waals surface area (Å²) >= 11 is 6.95. The van der Waals surface area contributed by atoms with E-state index < -0.39 is 0 Å². The molecule has 12 heteroatoms. The largest absolute Gasteiger partial charge is 0.508 e. The summed E-state index contributed by atoms with van der Waals surface area (Å²) in [5.74, 6) is 3.27. The molecule has 1 aromatic heterocycles. The molecule has 0 spiro atoms. The molecule has 2 amide bonds. The summed E-state index contributed by atoms with van der Waals surface area (Å²) in [6.07, 6.45) is 7.37. The van der Waals surface area contributed by atoms with Crippen LogP contribution in [0.2, 0.25) is 0 Å². The summed E-state index contributed by atoms with van der Waals surface area (Å²) in [5.41, 5.74) is 1.75. The van der Waals surface area contributed by atoms with Crippen LogP contribution in [0.3, 0.4) is 0 Å². The fourth-order valence-electron chi connectivity index (χ4n) is 6.15. The van der Waals surface area contributed by atoms with Gasteiger partial charge in [0.2, 0.25) is 0 Å². The molecule has 3 aromatic rings. The van der Waals surface area contributed by atoms with Crippen molar-refractivity contribution < 1.29 is 38.2 Å². The molecule has 2 N–H and O–H groups in total. The van der Waals surface area contributed by atoms with Gasteiger partial charge in [-0.3, -0.25) is 14.5 Å². The van der Waals surface area contributed by atoms with E-state index in [2.05, 4.69) is 5.32 Å². The summed E-state index contributed by atoms with van der Waals surface area (Å²) in [4.78, 5) is 44.4. The number of fused-ring (bicyclic) bond motifs is 2. The number of phenols is 1. The predicted octanol–water partition coefficient (Wildman–Crippen LogP) is 5.20. The van der Waals surface area contributed by atoms with Crippen LogP contribution in [0.15, 0.2) is 63.9 Å². The number of hydrogen-bond acceptors (Lipinski definition) is 10. The third-order valence-electron chi connectivity index (χ3n) is 8.24. The van der Waals surface area contributed by atoms with Gasteiger partial charge in [-0.15, -0.1) is 0 Å². The molecule has 2 saturated carbocycles. The number of nitrogens with one attached hydrogen (secondary N) is 1. The first-order chi connectivity index (χ1) is 21.8. The number of amides is 2. The van der Waals surface area contributed by atoms with Crippen molar-refractivity contribution in [1.82, 2.24) is 10.2 Å². The van der Waals surface area contributed by atoms with Crippen LogP contribution in [-0.4, -0.2) is 58.6 Å². The zero-order chi connectivity index (χ0) is 31.9. The van der Waals surface area contributed by atoms with Crippen molar-refractivity contribution in [2.45, 2.75) is 38.1 Å². The second-order valence-corrected chi connectivity index (χ2v) is 12.7. The minimum Gasteiger partial charge on any atom is -0.508 e. The Bertz CT molecular complexity index is 1630. The molecule has 1 aliphatic heterocycles. The lowest BCUT2D eigenvalue weighted by molar-refractivity contribution is -0.191. The summed E-state index contributed by atoms with van der Waals surface area (Å²) in [5, 5.41) is 12.2. The number of benzene rings is 2. The summed E-state index contributed by atoms with van der Waals surface area (Å²) < 4.78 is 18.0. The molecular formula is C33H32N2O8S2. The number of rotatable bonds is 10. The lowest BCUT2D eigenvalue weighted by atomic mass is 9.94. The number of aromatic hydroxyl groups is 1. The predicted molar refractivity (Wildman–Crippen MR) is 170 cm³/mol. The Kier molecular flexibility index (Phi) is 10.4. The van der Waals surface area contributed by atoms with Crippen LogP contribution in [0.4, 0.5) is 0 Å². The standard InChI is InChI=1S/C32H32N2O6S2.CO2/c1-38-27-10-6-22(16-28(27)39-18-30(36)33-13-12-19-3-7-23(35)8-4-19)26-11-9-24(40-26)17-29-31(37)34(32(41)42-29)25-15-20-2-5-21(25)14-20;2-1-3/h3-4,6-11,16-17,20-21,25,35H,2,5,12-15,18H2,1H3,(H,33,36);/b29-17-;. The Hall–Kier alpha value is -4.38. The maximum atomic E-state index is 13.3. The van der Waals surface area contributed by atoms with Crippen molar-refractivity contribution in [3.8, 4) is 28.6 Å². The van der Waals surface area contributed by atoms with Crippen LogP contribution in [0, 0.1) is 11.8 Å². The molecule has 0 radical (unpaired) electrons. The van der Waals surface area contributed by atoms with Crippen LogP contribution >= 0.6 is 24.0 Å². The van der Waals surface area contributed by atoms with Gasteiger partial charge < -0.3 is 24.3 Å². The van der Waals surface area contributed by atoms with E-state index in [4.69, 9.17) is 35.7 Å². The molecule has 45 heavy (non-hydrogen) atoms. The number of carbonyl (C=O) groups excluding carboxylic acids is 4. The van der Waals surface area contributed by atoms with Gasteiger partial charge in [-0.2, -0.15) is 9.59 Å². The fourth-order valence-corrected chi connectivity index (χ4v) is 7.51. The van der Waals surface area contributed by atoms with E-state index in [1.54, 1.807) is 30.3 Å². The molecule has 234 valence electrons. The first kappa shape index (κ1) is 32.0. The lowest BCUT2D eigenvalue weighted by Crippen LogP contribution is -2.41. The number of nitrogens with zero attached hydrogens (tertiary/aromatic N) is 1. The molecule has 2 aliphatic carbocycles. The Balaban J connectivity index is 0.00000128. The van der Waals surface area contributed by atoms with E-state index in [1.807, 2.05) is 35.2 Å². The number of methoxy groups -OCH3 is 1. The molecular weight excluding hydrogens is 617 g/mol. The molecule has 2 heterocycles. The maximum absolute atomic E-state index is 13.3. The summed E-state index contributed by atoms with van der Waals surface area (Å²) in [7, 11) is 1.54. The molecule has 3 aliphatic rings. The second-order valence-electron chi connectivity index (χ2n) is 11.0. The molecule has 1 saturated heterocycles. The normalized spacial score (nSPS) is 21.0. The van der Waals surface area contributed by atoms with Crippen LogP contribution in [0.5, 0.6) is 17.2 Å². The van der Waals surface area contributed by atoms with E-state index in [-0.39, 0.29) is 36.4 Å². The highest BCUT2D eigenvalue weighted by atomic mass is 32.2. The van der Waals surface area contributed by atoms with Crippen LogP contribution in [-0.2, 0) is 25.6 Å². The minimum atomic E-state index is -0.260. The van der Waals surface area contributed by atoms with Gasteiger partial charge in [0, 0.05) is 24.2 Å². The Morgan fingerprint density at radius 1 is 1.13 bits per heavy atom. The van der Waals surface area contributed by atoms with Gasteiger partial charge in [0.15, 0.2) is 18.1 Å². The monoisotopic (exact) mass is 648 g/mol. The summed E-state index contributed by atoms with van der Waals surface area (Å²) in [6.45, 7) is 0.267. The summed E-state index contributed by atoms with van der Waals surface area (Å²) in [6, 6.07) is 16.1.